The minimum Gasteiger partial charge on any atom is -0.493 e. The maximum absolute atomic E-state index is 9.17. The van der Waals surface area contributed by atoms with Crippen molar-refractivity contribution in [2.45, 2.75) is 52.0 Å². The summed E-state index contributed by atoms with van der Waals surface area (Å²) in [6.45, 7) is 9.66. The molecule has 1 aromatic rings. The Kier molecular flexibility index (Phi) is 6.54. The van der Waals surface area contributed by atoms with E-state index in [9.17, 15) is 5.26 Å². The first kappa shape index (κ1) is 16.5. The van der Waals surface area contributed by atoms with Gasteiger partial charge in [0, 0.05) is 6.42 Å². The van der Waals surface area contributed by atoms with E-state index in [1.54, 1.807) is 0 Å². The largest absolute Gasteiger partial charge is 0.493 e. The second-order valence-corrected chi connectivity index (χ2v) is 5.45. The molecule has 0 heterocycles. The number of hydrogen-bond donors (Lipinski definition) is 1. The van der Waals surface area contributed by atoms with E-state index in [2.05, 4.69) is 37.4 Å². The summed E-state index contributed by atoms with van der Waals surface area (Å²) in [4.78, 5) is 0. The van der Waals surface area contributed by atoms with E-state index in [1.807, 2.05) is 26.0 Å². The molecule has 0 amide bonds. The molecule has 0 aliphatic carbocycles. The summed E-state index contributed by atoms with van der Waals surface area (Å²) < 4.78 is 5.73. The summed E-state index contributed by atoms with van der Waals surface area (Å²) in [5.74, 6) is 1.45. The molecule has 2 atom stereocenters. The van der Waals surface area contributed by atoms with Crippen LogP contribution in [0.2, 0.25) is 0 Å². The molecule has 1 N–H and O–H groups in total. The molecule has 3 nitrogen and oxygen atoms in total. The van der Waals surface area contributed by atoms with Crippen molar-refractivity contribution in [2.24, 2.45) is 0 Å². The van der Waals surface area contributed by atoms with Crippen molar-refractivity contribution in [3.05, 3.63) is 29.8 Å². The first-order chi connectivity index (χ1) is 9.54. The fraction of sp³-hybridized carbons (Fsp3) is 0.588. The van der Waals surface area contributed by atoms with Crippen LogP contribution in [0.5, 0.6) is 5.75 Å². The number of hydrogen-bond acceptors (Lipinski definition) is 3. The zero-order chi connectivity index (χ0) is 15.0. The number of nitrogens with zero attached hydrogens (tertiary/aromatic N) is 1. The van der Waals surface area contributed by atoms with Crippen molar-refractivity contribution in [3.63, 3.8) is 0 Å². The second kappa shape index (κ2) is 7.91. The van der Waals surface area contributed by atoms with E-state index in [0.717, 1.165) is 18.7 Å². The minimum atomic E-state index is -0.509. The lowest BCUT2D eigenvalue weighted by Gasteiger charge is -2.22. The van der Waals surface area contributed by atoms with Crippen LogP contribution < -0.4 is 10.1 Å². The maximum atomic E-state index is 9.17. The van der Waals surface area contributed by atoms with Gasteiger partial charge in [-0.05, 0) is 43.5 Å². The van der Waals surface area contributed by atoms with Gasteiger partial charge in [0.1, 0.15) is 11.3 Å². The Labute approximate surface area is 123 Å². The number of ether oxygens (including phenoxy) is 1. The van der Waals surface area contributed by atoms with E-state index < -0.39 is 5.54 Å². The normalized spacial score (nSPS) is 15.2. The third kappa shape index (κ3) is 4.86. The van der Waals surface area contributed by atoms with Gasteiger partial charge in [0.05, 0.1) is 12.7 Å². The van der Waals surface area contributed by atoms with Crippen molar-refractivity contribution in [3.8, 4) is 11.8 Å². The van der Waals surface area contributed by atoms with Gasteiger partial charge in [-0.2, -0.15) is 5.26 Å². The molecule has 1 aromatic carbocycles. The van der Waals surface area contributed by atoms with Gasteiger partial charge in [-0.15, -0.1) is 0 Å². The molecule has 0 radical (unpaired) electrons. The smallest absolute Gasteiger partial charge is 0.119 e. The SMILES string of the molecule is CCNC(C)(C#N)CCOc1ccc(C(C)CC)cc1. The summed E-state index contributed by atoms with van der Waals surface area (Å²) in [6, 6.07) is 10.6. The molecule has 0 aliphatic rings. The zero-order valence-electron chi connectivity index (χ0n) is 13.1. The van der Waals surface area contributed by atoms with Gasteiger partial charge >= 0.3 is 0 Å². The number of benzene rings is 1. The van der Waals surface area contributed by atoms with Crippen molar-refractivity contribution in [1.29, 1.82) is 5.26 Å². The lowest BCUT2D eigenvalue weighted by atomic mass is 9.99. The fourth-order valence-corrected chi connectivity index (χ4v) is 2.08. The van der Waals surface area contributed by atoms with Gasteiger partial charge in [-0.1, -0.05) is 32.9 Å². The van der Waals surface area contributed by atoms with E-state index >= 15 is 0 Å². The van der Waals surface area contributed by atoms with Crippen molar-refractivity contribution in [2.75, 3.05) is 13.2 Å². The average molecular weight is 274 g/mol. The van der Waals surface area contributed by atoms with Crippen LogP contribution in [0, 0.1) is 11.3 Å². The second-order valence-electron chi connectivity index (χ2n) is 5.45. The average Bonchev–Trinajstić information content (AvgIpc) is 2.47. The Morgan fingerprint density at radius 3 is 2.45 bits per heavy atom. The molecule has 0 spiro atoms. The van der Waals surface area contributed by atoms with Gasteiger partial charge in [0.25, 0.3) is 0 Å². The van der Waals surface area contributed by atoms with Crippen LogP contribution in [-0.2, 0) is 0 Å². The Balaban J connectivity index is 2.48. The van der Waals surface area contributed by atoms with Crippen molar-refractivity contribution in [1.82, 2.24) is 5.32 Å². The third-order valence-electron chi connectivity index (χ3n) is 3.75. The third-order valence-corrected chi connectivity index (χ3v) is 3.75. The number of rotatable bonds is 8. The first-order valence-electron chi connectivity index (χ1n) is 7.43. The van der Waals surface area contributed by atoms with Gasteiger partial charge in [0.2, 0.25) is 0 Å². The lowest BCUT2D eigenvalue weighted by molar-refractivity contribution is 0.268. The van der Waals surface area contributed by atoms with E-state index in [1.165, 1.54) is 5.56 Å². The predicted octanol–water partition coefficient (Wildman–Crippen LogP) is 3.86. The summed E-state index contributed by atoms with van der Waals surface area (Å²) in [7, 11) is 0. The minimum absolute atomic E-state index is 0.509. The first-order valence-corrected chi connectivity index (χ1v) is 7.43. The zero-order valence-corrected chi connectivity index (χ0v) is 13.1. The summed E-state index contributed by atoms with van der Waals surface area (Å²) in [5, 5.41) is 12.4. The molecule has 1 rings (SSSR count). The van der Waals surface area contributed by atoms with Gasteiger partial charge in [-0.3, -0.25) is 5.32 Å². The molecule has 0 aromatic heterocycles. The number of nitrogens with one attached hydrogen (secondary N) is 1. The summed E-state index contributed by atoms with van der Waals surface area (Å²) in [6.07, 6.45) is 1.81. The van der Waals surface area contributed by atoms with Crippen LogP contribution >= 0.6 is 0 Å². The highest BCUT2D eigenvalue weighted by atomic mass is 16.5. The summed E-state index contributed by atoms with van der Waals surface area (Å²) >= 11 is 0. The Morgan fingerprint density at radius 1 is 1.30 bits per heavy atom. The van der Waals surface area contributed by atoms with Crippen molar-refractivity contribution < 1.29 is 4.74 Å². The lowest BCUT2D eigenvalue weighted by Crippen LogP contribution is -2.42. The van der Waals surface area contributed by atoms with Crippen LogP contribution in [0.15, 0.2) is 24.3 Å². The Hall–Kier alpha value is -1.53. The fourth-order valence-electron chi connectivity index (χ4n) is 2.08. The van der Waals surface area contributed by atoms with Crippen LogP contribution in [0.3, 0.4) is 0 Å². The van der Waals surface area contributed by atoms with Crippen LogP contribution in [-0.4, -0.2) is 18.7 Å². The topological polar surface area (TPSA) is 45.0 Å². The molecule has 110 valence electrons. The Morgan fingerprint density at radius 2 is 1.95 bits per heavy atom. The monoisotopic (exact) mass is 274 g/mol. The molecular formula is C17H26N2O. The highest BCUT2D eigenvalue weighted by Gasteiger charge is 2.21. The molecule has 0 saturated heterocycles. The van der Waals surface area contributed by atoms with Crippen LogP contribution in [0.25, 0.3) is 0 Å². The van der Waals surface area contributed by atoms with Crippen LogP contribution in [0.4, 0.5) is 0 Å². The summed E-state index contributed by atoms with van der Waals surface area (Å²) in [5.41, 5.74) is 0.833. The van der Waals surface area contributed by atoms with Gasteiger partial charge < -0.3 is 4.74 Å². The standard InChI is InChI=1S/C17H26N2O/c1-5-14(3)15-7-9-16(10-8-15)20-12-11-17(4,13-18)19-6-2/h7-10,14,19H,5-6,11-12H2,1-4H3. The molecule has 20 heavy (non-hydrogen) atoms. The molecule has 0 bridgehead atoms. The maximum Gasteiger partial charge on any atom is 0.119 e. The highest BCUT2D eigenvalue weighted by Crippen LogP contribution is 2.21. The van der Waals surface area contributed by atoms with E-state index in [-0.39, 0.29) is 0 Å². The van der Waals surface area contributed by atoms with Crippen molar-refractivity contribution >= 4 is 0 Å². The highest BCUT2D eigenvalue weighted by molar-refractivity contribution is 5.29. The number of nitriles is 1. The van der Waals surface area contributed by atoms with E-state index in [0.29, 0.717) is 18.9 Å². The molecular weight excluding hydrogens is 248 g/mol. The molecule has 0 saturated carbocycles. The predicted molar refractivity (Wildman–Crippen MR) is 83.0 cm³/mol. The molecule has 3 heteroatoms. The van der Waals surface area contributed by atoms with Gasteiger partial charge in [-0.25, -0.2) is 0 Å². The van der Waals surface area contributed by atoms with Gasteiger partial charge in [0.15, 0.2) is 0 Å². The van der Waals surface area contributed by atoms with Crippen LogP contribution in [0.1, 0.15) is 52.0 Å². The molecule has 0 fully saturated rings. The van der Waals surface area contributed by atoms with E-state index in [4.69, 9.17) is 4.74 Å². The molecule has 0 aliphatic heterocycles. The molecule has 2 unspecified atom stereocenters. The Bertz CT molecular complexity index is 435. The quantitative estimate of drug-likeness (QED) is 0.783.